The van der Waals surface area contributed by atoms with Gasteiger partial charge >= 0.3 is 5.97 Å². The standard InChI is InChI=1S/C24H15N3O4/c1-14-6-12-17(13-7-14)31-24(30)15-8-10-16(11-9-15)27-22(28)20-21(23(27)29)26-19-5-3-2-4-18(19)25-20/h2-13H,1H3. The quantitative estimate of drug-likeness (QED) is 0.289. The summed E-state index contributed by atoms with van der Waals surface area (Å²) >= 11 is 0. The minimum atomic E-state index is -0.548. The molecule has 7 nitrogen and oxygen atoms in total. The molecule has 5 rings (SSSR count). The number of hydrogen-bond donors (Lipinski definition) is 0. The molecule has 0 unspecified atom stereocenters. The lowest BCUT2D eigenvalue weighted by atomic mass is 10.2. The zero-order chi connectivity index (χ0) is 21.5. The molecule has 1 aliphatic rings. The molecule has 0 saturated carbocycles. The fourth-order valence-corrected chi connectivity index (χ4v) is 3.36. The third-order valence-electron chi connectivity index (χ3n) is 4.97. The number of esters is 1. The van der Waals surface area contributed by atoms with Crippen LogP contribution in [0.1, 0.15) is 36.9 Å². The average molecular weight is 409 g/mol. The van der Waals surface area contributed by atoms with Crippen LogP contribution >= 0.6 is 0 Å². The smallest absolute Gasteiger partial charge is 0.343 e. The summed E-state index contributed by atoms with van der Waals surface area (Å²) in [6.45, 7) is 1.94. The molecule has 4 aromatic rings. The van der Waals surface area contributed by atoms with Gasteiger partial charge in [-0.2, -0.15) is 0 Å². The fourth-order valence-electron chi connectivity index (χ4n) is 3.36. The number of aryl methyl sites for hydroxylation is 1. The third-order valence-corrected chi connectivity index (χ3v) is 4.97. The number of ether oxygens (including phenoxy) is 1. The maximum atomic E-state index is 12.8. The number of carbonyl (C=O) groups is 3. The average Bonchev–Trinajstić information content (AvgIpc) is 3.03. The van der Waals surface area contributed by atoms with Gasteiger partial charge in [-0.3, -0.25) is 9.59 Å². The molecule has 31 heavy (non-hydrogen) atoms. The van der Waals surface area contributed by atoms with Gasteiger partial charge in [-0.15, -0.1) is 0 Å². The number of nitrogens with zero attached hydrogens (tertiary/aromatic N) is 3. The Morgan fingerprint density at radius 1 is 0.774 bits per heavy atom. The predicted octanol–water partition coefficient (Wildman–Crippen LogP) is 3.96. The van der Waals surface area contributed by atoms with Crippen LogP contribution in [-0.4, -0.2) is 27.8 Å². The number of imide groups is 1. The third kappa shape index (κ3) is 3.22. The van der Waals surface area contributed by atoms with Crippen molar-refractivity contribution in [1.82, 2.24) is 9.97 Å². The number of rotatable bonds is 3. The van der Waals surface area contributed by atoms with Crippen LogP contribution in [-0.2, 0) is 0 Å². The van der Waals surface area contributed by atoms with Gasteiger partial charge in [0, 0.05) is 0 Å². The monoisotopic (exact) mass is 409 g/mol. The minimum absolute atomic E-state index is 0.0200. The largest absolute Gasteiger partial charge is 0.423 e. The van der Waals surface area contributed by atoms with E-state index in [0.29, 0.717) is 28.0 Å². The highest BCUT2D eigenvalue weighted by Crippen LogP contribution is 2.28. The van der Waals surface area contributed by atoms with Crippen molar-refractivity contribution in [1.29, 1.82) is 0 Å². The molecule has 150 valence electrons. The van der Waals surface area contributed by atoms with E-state index in [1.807, 2.05) is 19.1 Å². The molecule has 0 bridgehead atoms. The molecule has 0 saturated heterocycles. The number of amides is 2. The number of para-hydroxylation sites is 2. The van der Waals surface area contributed by atoms with Gasteiger partial charge < -0.3 is 4.74 Å². The van der Waals surface area contributed by atoms with Gasteiger partial charge in [-0.1, -0.05) is 29.8 Å². The molecule has 0 aliphatic carbocycles. The van der Waals surface area contributed by atoms with Gasteiger partial charge in [-0.25, -0.2) is 19.7 Å². The lowest BCUT2D eigenvalue weighted by molar-refractivity contribution is 0.0734. The molecule has 0 atom stereocenters. The Bertz CT molecular complexity index is 1310. The molecular formula is C24H15N3O4. The first kappa shape index (κ1) is 18.6. The summed E-state index contributed by atoms with van der Waals surface area (Å²) in [6.07, 6.45) is 0. The zero-order valence-electron chi connectivity index (χ0n) is 16.4. The van der Waals surface area contributed by atoms with E-state index in [4.69, 9.17) is 4.74 Å². The van der Waals surface area contributed by atoms with Gasteiger partial charge in [0.1, 0.15) is 5.75 Å². The highest BCUT2D eigenvalue weighted by molar-refractivity contribution is 6.33. The van der Waals surface area contributed by atoms with E-state index in [9.17, 15) is 14.4 Å². The van der Waals surface area contributed by atoms with Crippen molar-refractivity contribution >= 4 is 34.5 Å². The van der Waals surface area contributed by atoms with Crippen molar-refractivity contribution in [3.8, 4) is 5.75 Å². The van der Waals surface area contributed by atoms with Crippen LogP contribution in [0.25, 0.3) is 11.0 Å². The molecule has 3 aromatic carbocycles. The summed E-state index contributed by atoms with van der Waals surface area (Å²) in [5.41, 5.74) is 2.80. The number of carbonyl (C=O) groups excluding carboxylic acids is 3. The topological polar surface area (TPSA) is 89.5 Å². The summed E-state index contributed by atoms with van der Waals surface area (Å²) in [4.78, 5) is 47.7. The second-order valence-corrected chi connectivity index (χ2v) is 7.10. The predicted molar refractivity (Wildman–Crippen MR) is 113 cm³/mol. The SMILES string of the molecule is Cc1ccc(OC(=O)c2ccc(N3C(=O)c4nc5ccccc5nc4C3=O)cc2)cc1. The maximum Gasteiger partial charge on any atom is 0.343 e. The Labute approximate surface area is 176 Å². The molecule has 7 heteroatoms. The van der Waals surface area contributed by atoms with Crippen molar-refractivity contribution in [3.05, 3.63) is 95.3 Å². The molecule has 0 spiro atoms. The fraction of sp³-hybridized carbons (Fsp3) is 0.0417. The van der Waals surface area contributed by atoms with Crippen LogP contribution in [0.15, 0.2) is 72.8 Å². The Hall–Kier alpha value is -4.39. The van der Waals surface area contributed by atoms with E-state index in [1.54, 1.807) is 36.4 Å². The lowest BCUT2D eigenvalue weighted by Gasteiger charge is -2.13. The lowest BCUT2D eigenvalue weighted by Crippen LogP contribution is -2.29. The van der Waals surface area contributed by atoms with E-state index < -0.39 is 17.8 Å². The van der Waals surface area contributed by atoms with Gasteiger partial charge in [0.05, 0.1) is 22.3 Å². The number of hydrogen-bond acceptors (Lipinski definition) is 6. The summed E-state index contributed by atoms with van der Waals surface area (Å²) in [6, 6.07) is 20.2. The number of benzene rings is 3. The maximum absolute atomic E-state index is 12.8. The van der Waals surface area contributed by atoms with Crippen LogP contribution in [0, 0.1) is 6.92 Å². The summed E-state index contributed by atoms with van der Waals surface area (Å²) in [5, 5.41) is 0. The van der Waals surface area contributed by atoms with Crippen molar-refractivity contribution in [3.63, 3.8) is 0 Å². The number of fused-ring (bicyclic) bond motifs is 2. The van der Waals surface area contributed by atoms with E-state index in [0.717, 1.165) is 10.5 Å². The van der Waals surface area contributed by atoms with Crippen LogP contribution in [0.2, 0.25) is 0 Å². The number of anilines is 1. The van der Waals surface area contributed by atoms with Crippen molar-refractivity contribution in [2.24, 2.45) is 0 Å². The first-order valence-electron chi connectivity index (χ1n) is 9.56. The second-order valence-electron chi connectivity index (χ2n) is 7.10. The van der Waals surface area contributed by atoms with Gasteiger partial charge in [-0.05, 0) is 55.5 Å². The Morgan fingerprint density at radius 3 is 1.87 bits per heavy atom. The highest BCUT2D eigenvalue weighted by Gasteiger charge is 2.40. The second kappa shape index (κ2) is 7.14. The molecule has 1 aromatic heterocycles. The van der Waals surface area contributed by atoms with E-state index in [1.165, 1.54) is 24.3 Å². The summed E-state index contributed by atoms with van der Waals surface area (Å²) < 4.78 is 5.35. The first-order valence-corrected chi connectivity index (χ1v) is 9.56. The molecule has 0 radical (unpaired) electrons. The van der Waals surface area contributed by atoms with Gasteiger partial charge in [0.15, 0.2) is 11.4 Å². The summed E-state index contributed by atoms with van der Waals surface area (Å²) in [7, 11) is 0. The van der Waals surface area contributed by atoms with E-state index in [2.05, 4.69) is 9.97 Å². The van der Waals surface area contributed by atoms with Crippen LogP contribution in [0.5, 0.6) is 5.75 Å². The molecule has 1 aliphatic heterocycles. The molecule has 2 amide bonds. The van der Waals surface area contributed by atoms with Crippen molar-refractivity contribution in [2.45, 2.75) is 6.92 Å². The van der Waals surface area contributed by atoms with Crippen molar-refractivity contribution in [2.75, 3.05) is 4.90 Å². The Morgan fingerprint density at radius 2 is 1.32 bits per heavy atom. The zero-order valence-corrected chi connectivity index (χ0v) is 16.4. The molecule has 0 fully saturated rings. The minimum Gasteiger partial charge on any atom is -0.423 e. The summed E-state index contributed by atoms with van der Waals surface area (Å²) in [5.74, 6) is -1.20. The first-order chi connectivity index (χ1) is 15.0. The van der Waals surface area contributed by atoms with Crippen LogP contribution < -0.4 is 9.64 Å². The normalized spacial score (nSPS) is 12.9. The van der Waals surface area contributed by atoms with Gasteiger partial charge in [0.2, 0.25) is 0 Å². The molecular weight excluding hydrogens is 394 g/mol. The number of aromatic nitrogens is 2. The Kier molecular flexibility index (Phi) is 4.29. The molecule has 0 N–H and O–H groups in total. The van der Waals surface area contributed by atoms with E-state index >= 15 is 0 Å². The molecule has 2 heterocycles. The van der Waals surface area contributed by atoms with Crippen molar-refractivity contribution < 1.29 is 19.1 Å². The van der Waals surface area contributed by atoms with Crippen LogP contribution in [0.4, 0.5) is 5.69 Å². The van der Waals surface area contributed by atoms with E-state index in [-0.39, 0.29) is 11.4 Å². The Balaban J connectivity index is 1.41. The van der Waals surface area contributed by atoms with Gasteiger partial charge in [0.25, 0.3) is 11.8 Å². The highest BCUT2D eigenvalue weighted by atomic mass is 16.5. The van der Waals surface area contributed by atoms with Crippen LogP contribution in [0.3, 0.4) is 0 Å².